The molecule has 2 amide bonds. The topological polar surface area (TPSA) is 123 Å². The lowest BCUT2D eigenvalue weighted by molar-refractivity contribution is -0.141. The fourth-order valence-corrected chi connectivity index (χ4v) is 6.44. The number of aryl methyl sites for hydroxylation is 1. The van der Waals surface area contributed by atoms with Gasteiger partial charge in [0.1, 0.15) is 22.9 Å². The third-order valence-electron chi connectivity index (χ3n) is 9.32. The highest BCUT2D eigenvalue weighted by Gasteiger charge is 2.47. The van der Waals surface area contributed by atoms with Gasteiger partial charge in [0.15, 0.2) is 0 Å². The maximum atomic E-state index is 15.9. The van der Waals surface area contributed by atoms with Gasteiger partial charge in [0.2, 0.25) is 5.91 Å². The number of alkyl halides is 3. The Hall–Kier alpha value is -4.39. The number of hydrogen-bond donors (Lipinski definition) is 2. The maximum Gasteiger partial charge on any atom is 0.433 e. The summed E-state index contributed by atoms with van der Waals surface area (Å²) in [6, 6.07) is 9.16. The van der Waals surface area contributed by atoms with Crippen LogP contribution in [0.25, 0.3) is 11.1 Å². The number of ether oxygens (including phenoxy) is 1. The Labute approximate surface area is 268 Å². The zero-order valence-corrected chi connectivity index (χ0v) is 25.8. The molecule has 3 fully saturated rings. The highest BCUT2D eigenvalue weighted by Crippen LogP contribution is 2.43. The SMILES string of the molecule is Cc1nc(CC(N)=O)ccc1-c1cc(F)c(COC2CC2)c(N2CCC3(CC2)N=C(c2ccc(C(F)(F)F)nc2C2CC2)NC3=O)c1. The minimum absolute atomic E-state index is 0.00273. The number of anilines is 1. The molecular weight excluding hydrogens is 616 g/mol. The van der Waals surface area contributed by atoms with Crippen LogP contribution in [0.4, 0.5) is 23.2 Å². The summed E-state index contributed by atoms with van der Waals surface area (Å²) in [5, 5.41) is 2.84. The summed E-state index contributed by atoms with van der Waals surface area (Å²) < 4.78 is 62.0. The van der Waals surface area contributed by atoms with Gasteiger partial charge in [-0.15, -0.1) is 0 Å². The fourth-order valence-electron chi connectivity index (χ4n) is 6.44. The van der Waals surface area contributed by atoms with Crippen LogP contribution in [0.15, 0.2) is 41.4 Å². The van der Waals surface area contributed by atoms with E-state index in [0.29, 0.717) is 71.0 Å². The molecular formula is C34H34F4N6O3. The van der Waals surface area contributed by atoms with E-state index >= 15 is 4.39 Å². The van der Waals surface area contributed by atoms with E-state index in [4.69, 9.17) is 15.5 Å². The number of carbonyl (C=O) groups is 2. The van der Waals surface area contributed by atoms with E-state index in [9.17, 15) is 22.8 Å². The second kappa shape index (κ2) is 11.7. The molecule has 2 saturated carbocycles. The number of benzene rings is 1. The number of primary amides is 1. The van der Waals surface area contributed by atoms with E-state index in [1.54, 1.807) is 19.1 Å². The van der Waals surface area contributed by atoms with Crippen molar-refractivity contribution in [3.8, 4) is 11.1 Å². The lowest BCUT2D eigenvalue weighted by Crippen LogP contribution is -2.49. The predicted molar refractivity (Wildman–Crippen MR) is 165 cm³/mol. The molecule has 1 saturated heterocycles. The van der Waals surface area contributed by atoms with Gasteiger partial charge in [-0.1, -0.05) is 6.07 Å². The monoisotopic (exact) mass is 650 g/mol. The van der Waals surface area contributed by atoms with E-state index < -0.39 is 29.1 Å². The van der Waals surface area contributed by atoms with Gasteiger partial charge in [-0.3, -0.25) is 19.6 Å². The average molecular weight is 651 g/mol. The van der Waals surface area contributed by atoms with Crippen molar-refractivity contribution < 1.29 is 31.9 Å². The Morgan fingerprint density at radius 2 is 1.79 bits per heavy atom. The molecule has 2 aliphatic heterocycles. The van der Waals surface area contributed by atoms with Gasteiger partial charge in [0.25, 0.3) is 5.91 Å². The van der Waals surface area contributed by atoms with E-state index in [1.807, 2.05) is 11.0 Å². The number of amides is 2. The Morgan fingerprint density at radius 1 is 1.06 bits per heavy atom. The van der Waals surface area contributed by atoms with Gasteiger partial charge >= 0.3 is 6.18 Å². The molecule has 1 aromatic carbocycles. The van der Waals surface area contributed by atoms with Crippen molar-refractivity contribution in [2.24, 2.45) is 10.7 Å². The van der Waals surface area contributed by atoms with Crippen LogP contribution >= 0.6 is 0 Å². The molecule has 2 aliphatic carbocycles. The first-order valence-corrected chi connectivity index (χ1v) is 15.8. The number of carbonyl (C=O) groups excluding carboxylic acids is 2. The second-order valence-electron chi connectivity index (χ2n) is 12.9. The lowest BCUT2D eigenvalue weighted by Gasteiger charge is -2.38. The summed E-state index contributed by atoms with van der Waals surface area (Å²) in [7, 11) is 0. The Kier molecular flexibility index (Phi) is 7.77. The van der Waals surface area contributed by atoms with Gasteiger partial charge in [-0.25, -0.2) is 9.37 Å². The molecule has 4 heterocycles. The molecule has 0 radical (unpaired) electrons. The number of piperidine rings is 1. The van der Waals surface area contributed by atoms with Crippen LogP contribution < -0.4 is 16.0 Å². The fraction of sp³-hybridized carbons (Fsp3) is 0.441. The van der Waals surface area contributed by atoms with Crippen molar-refractivity contribution in [1.82, 2.24) is 15.3 Å². The second-order valence-corrected chi connectivity index (χ2v) is 12.9. The number of nitrogens with zero attached hydrogens (tertiary/aromatic N) is 4. The molecule has 0 bridgehead atoms. The molecule has 13 heteroatoms. The first-order chi connectivity index (χ1) is 22.4. The number of halogens is 4. The van der Waals surface area contributed by atoms with E-state index in [1.165, 1.54) is 12.1 Å². The first-order valence-electron chi connectivity index (χ1n) is 15.8. The Bertz CT molecular complexity index is 1790. The minimum atomic E-state index is -4.57. The Morgan fingerprint density at radius 3 is 2.43 bits per heavy atom. The van der Waals surface area contributed by atoms with Crippen LogP contribution in [0.2, 0.25) is 0 Å². The van der Waals surface area contributed by atoms with Crippen molar-refractivity contribution >= 4 is 23.3 Å². The van der Waals surface area contributed by atoms with Crippen molar-refractivity contribution in [3.63, 3.8) is 0 Å². The Balaban J connectivity index is 1.17. The van der Waals surface area contributed by atoms with Crippen LogP contribution in [0.3, 0.4) is 0 Å². The minimum Gasteiger partial charge on any atom is -0.373 e. The predicted octanol–water partition coefficient (Wildman–Crippen LogP) is 5.11. The van der Waals surface area contributed by atoms with Crippen LogP contribution in [0.1, 0.15) is 78.3 Å². The van der Waals surface area contributed by atoms with Crippen LogP contribution in [0, 0.1) is 12.7 Å². The standard InChI is InChI=1S/C34H34F4N6O3/c1-18-23(7-4-21(40-18)16-29(39)45)20-14-26(35)25(17-47-22-5-6-22)27(15-20)44-12-10-33(11-13-44)32(46)42-31(43-33)24-8-9-28(34(36,37)38)41-30(24)19-2-3-19/h4,7-9,14-15,19,22H,2-3,5-6,10-13,16-17H2,1H3,(H2,39,45)(H,42,43,46). The molecule has 1 spiro atoms. The van der Waals surface area contributed by atoms with E-state index in [-0.39, 0.29) is 36.8 Å². The van der Waals surface area contributed by atoms with Crippen LogP contribution in [-0.4, -0.2) is 52.4 Å². The molecule has 7 rings (SSSR count). The molecule has 3 N–H and O–H groups in total. The number of amidine groups is 1. The van der Waals surface area contributed by atoms with Gasteiger partial charge in [0.05, 0.1) is 30.5 Å². The molecule has 246 valence electrons. The normalized spacial score (nSPS) is 19.2. The molecule has 9 nitrogen and oxygen atoms in total. The molecule has 2 aromatic heterocycles. The van der Waals surface area contributed by atoms with Gasteiger partial charge in [-0.05, 0) is 81.3 Å². The van der Waals surface area contributed by atoms with Gasteiger partial charge in [0, 0.05) is 47.1 Å². The zero-order valence-electron chi connectivity index (χ0n) is 25.8. The molecule has 47 heavy (non-hydrogen) atoms. The number of aromatic nitrogens is 2. The van der Waals surface area contributed by atoms with Crippen LogP contribution in [-0.2, 0) is 33.5 Å². The quantitative estimate of drug-likeness (QED) is 0.311. The van der Waals surface area contributed by atoms with Crippen molar-refractivity contribution in [2.75, 3.05) is 18.0 Å². The average Bonchev–Trinajstić information content (AvgIpc) is 3.95. The first kappa shape index (κ1) is 31.2. The number of aliphatic imine (C=N–C) groups is 1. The van der Waals surface area contributed by atoms with Crippen molar-refractivity contribution in [1.29, 1.82) is 0 Å². The third-order valence-corrected chi connectivity index (χ3v) is 9.32. The molecule has 3 aromatic rings. The van der Waals surface area contributed by atoms with E-state index in [0.717, 1.165) is 31.7 Å². The number of nitrogens with two attached hydrogens (primary N) is 1. The summed E-state index contributed by atoms with van der Waals surface area (Å²) in [6.45, 7) is 2.68. The highest BCUT2D eigenvalue weighted by molar-refractivity contribution is 6.16. The zero-order chi connectivity index (χ0) is 33.1. The van der Waals surface area contributed by atoms with Crippen molar-refractivity contribution in [2.45, 2.75) is 82.2 Å². The summed E-state index contributed by atoms with van der Waals surface area (Å²) >= 11 is 0. The molecule has 0 atom stereocenters. The summed E-state index contributed by atoms with van der Waals surface area (Å²) in [5.74, 6) is -1.06. The molecule has 4 aliphatic rings. The number of pyridine rings is 2. The smallest absolute Gasteiger partial charge is 0.373 e. The summed E-state index contributed by atoms with van der Waals surface area (Å²) in [4.78, 5) is 40.1. The number of nitrogens with one attached hydrogen (secondary N) is 1. The lowest BCUT2D eigenvalue weighted by atomic mass is 9.87. The van der Waals surface area contributed by atoms with Gasteiger partial charge in [-0.2, -0.15) is 13.2 Å². The summed E-state index contributed by atoms with van der Waals surface area (Å²) in [6.07, 6.45) is -0.449. The molecule has 0 unspecified atom stereocenters. The van der Waals surface area contributed by atoms with E-state index in [2.05, 4.69) is 15.3 Å². The number of rotatable bonds is 9. The number of hydrogen-bond acceptors (Lipinski definition) is 7. The highest BCUT2D eigenvalue weighted by atomic mass is 19.4. The third kappa shape index (κ3) is 6.32. The largest absolute Gasteiger partial charge is 0.433 e. The maximum absolute atomic E-state index is 15.9. The van der Waals surface area contributed by atoms with Crippen LogP contribution in [0.5, 0.6) is 0 Å². The van der Waals surface area contributed by atoms with Crippen molar-refractivity contribution in [3.05, 3.63) is 76.1 Å². The summed E-state index contributed by atoms with van der Waals surface area (Å²) in [5.41, 5.74) is 7.58. The van der Waals surface area contributed by atoms with Gasteiger partial charge < -0.3 is 20.7 Å².